The number of carbonyl (C=O) groups is 1. The molecule has 0 fully saturated rings. The summed E-state index contributed by atoms with van der Waals surface area (Å²) in [5, 5.41) is 10.7. The molecule has 0 spiro atoms. The Labute approximate surface area is 169 Å². The van der Waals surface area contributed by atoms with E-state index < -0.39 is 6.43 Å². The summed E-state index contributed by atoms with van der Waals surface area (Å²) in [6.07, 6.45) is -0.245. The van der Waals surface area contributed by atoms with Gasteiger partial charge < -0.3 is 15.4 Å². The van der Waals surface area contributed by atoms with Gasteiger partial charge in [-0.1, -0.05) is 17.7 Å². The van der Waals surface area contributed by atoms with E-state index in [0.717, 1.165) is 6.20 Å². The average Bonchev–Trinajstić information content (AvgIpc) is 3.07. The molecule has 0 unspecified atom stereocenters. The first-order valence-corrected chi connectivity index (χ1v) is 9.10. The Balaban J connectivity index is 1.93. The number of alkyl halides is 2. The summed E-state index contributed by atoms with van der Waals surface area (Å²) in [5.74, 6) is 0.00578. The summed E-state index contributed by atoms with van der Waals surface area (Å²) in [4.78, 5) is 16.3. The van der Waals surface area contributed by atoms with Crippen LogP contribution in [-0.4, -0.2) is 34.3 Å². The number of nitrogens with one attached hydrogen (secondary N) is 2. The number of anilines is 2. The van der Waals surface area contributed by atoms with E-state index >= 15 is 0 Å². The molecule has 1 aromatic carbocycles. The summed E-state index contributed by atoms with van der Waals surface area (Å²) >= 11 is 6.19. The number of methoxy groups -OCH3 is 1. The zero-order valence-electron chi connectivity index (χ0n) is 15.2. The summed E-state index contributed by atoms with van der Waals surface area (Å²) in [7, 11) is 1.46. The number of hydrogen-bond acceptors (Lipinski definition) is 5. The molecule has 1 aliphatic rings. The summed E-state index contributed by atoms with van der Waals surface area (Å²) < 4.78 is 34.0. The maximum absolute atomic E-state index is 13.6. The van der Waals surface area contributed by atoms with E-state index in [2.05, 4.69) is 20.7 Å². The van der Waals surface area contributed by atoms with Crippen molar-refractivity contribution in [3.05, 3.63) is 52.9 Å². The number of carbonyl (C=O) groups excluding carboxylic acids is 1. The van der Waals surface area contributed by atoms with Gasteiger partial charge in [-0.2, -0.15) is 5.10 Å². The van der Waals surface area contributed by atoms with Gasteiger partial charge in [-0.05, 0) is 18.2 Å². The number of halogens is 3. The van der Waals surface area contributed by atoms with Gasteiger partial charge in [-0.25, -0.2) is 8.78 Å². The number of pyridine rings is 1. The Hall–Kier alpha value is -3.20. The molecule has 2 aromatic heterocycles. The lowest BCUT2D eigenvalue weighted by Crippen LogP contribution is -2.35. The van der Waals surface area contributed by atoms with Crippen LogP contribution < -0.4 is 15.4 Å². The molecule has 3 heterocycles. The van der Waals surface area contributed by atoms with Crippen molar-refractivity contribution in [2.45, 2.75) is 13.0 Å². The Morgan fingerprint density at radius 3 is 2.93 bits per heavy atom. The molecule has 1 aliphatic heterocycles. The lowest BCUT2D eigenvalue weighted by atomic mass is 10.1. The highest BCUT2D eigenvalue weighted by atomic mass is 35.5. The average molecular weight is 420 g/mol. The minimum absolute atomic E-state index is 0.188. The standard InChI is InChI=1S/C19H16ClF2N5O2/c1-29-17-12(20)3-2-4-13(17)25-15-14(10-5-6-23-9-11(10)18(21)22)26-27-8-7-24-19(28)16(15)27/h2-6,9,18,25H,7-8H2,1H3,(H,24,28). The van der Waals surface area contributed by atoms with Crippen LogP contribution >= 0.6 is 11.6 Å². The highest BCUT2D eigenvalue weighted by Gasteiger charge is 2.30. The lowest BCUT2D eigenvalue weighted by Gasteiger charge is -2.17. The van der Waals surface area contributed by atoms with Gasteiger partial charge in [0.2, 0.25) is 0 Å². The van der Waals surface area contributed by atoms with Crippen molar-refractivity contribution < 1.29 is 18.3 Å². The van der Waals surface area contributed by atoms with Gasteiger partial charge in [0.1, 0.15) is 11.4 Å². The highest BCUT2D eigenvalue weighted by Crippen LogP contribution is 2.41. The molecule has 2 N–H and O–H groups in total. The number of aromatic nitrogens is 3. The first kappa shape index (κ1) is 19.1. The molecule has 4 rings (SSSR count). The van der Waals surface area contributed by atoms with Gasteiger partial charge in [0, 0.05) is 30.1 Å². The van der Waals surface area contributed by atoms with E-state index in [1.807, 2.05) is 0 Å². The Bertz CT molecular complexity index is 1090. The minimum Gasteiger partial charge on any atom is -0.493 e. The third-order valence-corrected chi connectivity index (χ3v) is 4.85. The van der Waals surface area contributed by atoms with E-state index in [9.17, 15) is 13.6 Å². The topological polar surface area (TPSA) is 81.1 Å². The maximum atomic E-state index is 13.6. The van der Waals surface area contributed by atoms with Crippen molar-refractivity contribution in [3.63, 3.8) is 0 Å². The Morgan fingerprint density at radius 2 is 2.17 bits per heavy atom. The van der Waals surface area contributed by atoms with Gasteiger partial charge in [-0.3, -0.25) is 14.5 Å². The van der Waals surface area contributed by atoms with Crippen molar-refractivity contribution in [1.82, 2.24) is 20.1 Å². The minimum atomic E-state index is -2.75. The Kier molecular flexibility index (Phi) is 5.06. The van der Waals surface area contributed by atoms with Crippen LogP contribution in [0.15, 0.2) is 36.7 Å². The number of amides is 1. The van der Waals surface area contributed by atoms with Crippen molar-refractivity contribution in [2.24, 2.45) is 0 Å². The SMILES string of the molecule is COc1c(Cl)cccc1Nc1c(-c2ccncc2C(F)F)nn2c1C(=O)NCC2. The highest BCUT2D eigenvalue weighted by molar-refractivity contribution is 6.32. The van der Waals surface area contributed by atoms with E-state index in [4.69, 9.17) is 16.3 Å². The number of ether oxygens (including phenoxy) is 1. The lowest BCUT2D eigenvalue weighted by molar-refractivity contribution is 0.0925. The predicted octanol–water partition coefficient (Wildman–Crippen LogP) is 4.03. The molecule has 7 nitrogen and oxygen atoms in total. The normalized spacial score (nSPS) is 13.2. The molecule has 0 saturated carbocycles. The van der Waals surface area contributed by atoms with E-state index in [0.29, 0.717) is 29.5 Å². The molecule has 0 atom stereocenters. The second-order valence-electron chi connectivity index (χ2n) is 6.26. The van der Waals surface area contributed by atoms with Crippen molar-refractivity contribution in [2.75, 3.05) is 19.0 Å². The van der Waals surface area contributed by atoms with Gasteiger partial charge in [0.25, 0.3) is 12.3 Å². The van der Waals surface area contributed by atoms with Crippen molar-refractivity contribution in [1.29, 1.82) is 0 Å². The van der Waals surface area contributed by atoms with Crippen LogP contribution in [0.4, 0.5) is 20.2 Å². The van der Waals surface area contributed by atoms with Crippen molar-refractivity contribution >= 4 is 28.9 Å². The Morgan fingerprint density at radius 1 is 1.34 bits per heavy atom. The van der Waals surface area contributed by atoms with Crippen LogP contribution in [0.1, 0.15) is 22.5 Å². The number of hydrogen-bond donors (Lipinski definition) is 2. The summed E-state index contributed by atoms with van der Waals surface area (Å²) in [5.41, 5.74) is 1.14. The van der Waals surface area contributed by atoms with Gasteiger partial charge >= 0.3 is 0 Å². The fourth-order valence-corrected chi connectivity index (χ4v) is 3.52. The van der Waals surface area contributed by atoms with E-state index in [1.165, 1.54) is 24.1 Å². The van der Waals surface area contributed by atoms with Crippen LogP contribution in [0.2, 0.25) is 5.02 Å². The molecule has 0 saturated heterocycles. The summed E-state index contributed by atoms with van der Waals surface area (Å²) in [6.45, 7) is 0.808. The molecule has 0 bridgehead atoms. The fourth-order valence-electron chi connectivity index (χ4n) is 3.27. The third-order valence-electron chi connectivity index (χ3n) is 4.55. The smallest absolute Gasteiger partial charge is 0.271 e. The van der Waals surface area contributed by atoms with Gasteiger partial charge in [0.05, 0.1) is 30.1 Å². The van der Waals surface area contributed by atoms with Crippen LogP contribution in [-0.2, 0) is 6.54 Å². The summed E-state index contributed by atoms with van der Waals surface area (Å²) in [6, 6.07) is 6.53. The van der Waals surface area contributed by atoms with Crippen LogP contribution in [0.3, 0.4) is 0 Å². The zero-order valence-corrected chi connectivity index (χ0v) is 16.0. The fraction of sp³-hybridized carbons (Fsp3) is 0.211. The number of para-hydroxylation sites is 1. The van der Waals surface area contributed by atoms with E-state index in [1.54, 1.807) is 18.2 Å². The molecule has 150 valence electrons. The second-order valence-corrected chi connectivity index (χ2v) is 6.67. The second kappa shape index (κ2) is 7.67. The quantitative estimate of drug-likeness (QED) is 0.652. The molecule has 1 amide bonds. The largest absolute Gasteiger partial charge is 0.493 e. The van der Waals surface area contributed by atoms with Crippen LogP contribution in [0, 0.1) is 0 Å². The number of rotatable bonds is 5. The molecule has 29 heavy (non-hydrogen) atoms. The van der Waals surface area contributed by atoms with Crippen molar-refractivity contribution in [3.8, 4) is 17.0 Å². The first-order valence-electron chi connectivity index (χ1n) is 8.72. The molecule has 0 radical (unpaired) electrons. The zero-order chi connectivity index (χ0) is 20.5. The first-order chi connectivity index (χ1) is 14.0. The van der Waals surface area contributed by atoms with Gasteiger partial charge in [-0.15, -0.1) is 0 Å². The number of benzene rings is 1. The molecule has 10 heteroatoms. The van der Waals surface area contributed by atoms with Gasteiger partial charge in [0.15, 0.2) is 5.75 Å². The molecular weight excluding hydrogens is 404 g/mol. The number of nitrogens with zero attached hydrogens (tertiary/aromatic N) is 3. The number of fused-ring (bicyclic) bond motifs is 1. The predicted molar refractivity (Wildman–Crippen MR) is 104 cm³/mol. The van der Waals surface area contributed by atoms with Crippen LogP contribution in [0.25, 0.3) is 11.3 Å². The molecule has 0 aliphatic carbocycles. The van der Waals surface area contributed by atoms with E-state index in [-0.39, 0.29) is 34.1 Å². The van der Waals surface area contributed by atoms with Crippen LogP contribution in [0.5, 0.6) is 5.75 Å². The third kappa shape index (κ3) is 3.38. The molecular formula is C19H16ClF2N5O2. The monoisotopic (exact) mass is 419 g/mol. The maximum Gasteiger partial charge on any atom is 0.271 e. The molecule has 3 aromatic rings.